The first-order chi connectivity index (χ1) is 12.5. The van der Waals surface area contributed by atoms with Crippen LogP contribution in [0.5, 0.6) is 0 Å². The molecule has 2 N–H and O–H groups in total. The Balaban J connectivity index is 1.64. The molecule has 132 valence electrons. The molecule has 2 aromatic carbocycles. The molecule has 1 amide bonds. The van der Waals surface area contributed by atoms with Crippen molar-refractivity contribution < 1.29 is 18.0 Å². The molecule has 3 rings (SSSR count). The Bertz CT molecular complexity index is 915. The molecule has 0 fully saturated rings. The molecular formula is C19H14F3N3O. The second kappa shape index (κ2) is 7.69. The Hall–Kier alpha value is -3.35. The van der Waals surface area contributed by atoms with E-state index in [1.54, 1.807) is 6.07 Å². The second-order valence-corrected chi connectivity index (χ2v) is 5.45. The lowest BCUT2D eigenvalue weighted by Crippen LogP contribution is -2.15. The number of amides is 1. The number of anilines is 2. The van der Waals surface area contributed by atoms with Crippen LogP contribution in [0.1, 0.15) is 16.1 Å². The van der Waals surface area contributed by atoms with E-state index in [0.717, 1.165) is 17.7 Å². The van der Waals surface area contributed by atoms with Crippen LogP contribution in [0, 0.1) is 17.5 Å². The molecule has 0 spiro atoms. The summed E-state index contributed by atoms with van der Waals surface area (Å²) >= 11 is 0. The Morgan fingerprint density at radius 3 is 2.38 bits per heavy atom. The topological polar surface area (TPSA) is 54.0 Å². The normalized spacial score (nSPS) is 10.4. The lowest BCUT2D eigenvalue weighted by Gasteiger charge is -2.09. The number of benzene rings is 2. The highest BCUT2D eigenvalue weighted by atomic mass is 19.2. The van der Waals surface area contributed by atoms with Gasteiger partial charge in [0.25, 0.3) is 5.91 Å². The predicted octanol–water partition coefficient (Wildman–Crippen LogP) is 4.36. The minimum absolute atomic E-state index is 0.0133. The molecule has 0 bridgehead atoms. The molecule has 7 heteroatoms. The van der Waals surface area contributed by atoms with E-state index in [0.29, 0.717) is 12.2 Å². The van der Waals surface area contributed by atoms with Crippen molar-refractivity contribution in [3.05, 3.63) is 89.5 Å². The SMILES string of the molecule is O=C(Nc1ccc(F)c(F)c1F)c1ccc(NCc2ccccc2)cn1. The van der Waals surface area contributed by atoms with Crippen molar-refractivity contribution in [2.24, 2.45) is 0 Å². The van der Waals surface area contributed by atoms with Crippen molar-refractivity contribution in [1.82, 2.24) is 4.98 Å². The van der Waals surface area contributed by atoms with Gasteiger partial charge in [0, 0.05) is 6.54 Å². The lowest BCUT2D eigenvalue weighted by atomic mass is 10.2. The molecule has 3 aromatic rings. The van der Waals surface area contributed by atoms with Gasteiger partial charge < -0.3 is 10.6 Å². The molecule has 0 radical (unpaired) electrons. The summed E-state index contributed by atoms with van der Waals surface area (Å²) in [6.45, 7) is 0.591. The van der Waals surface area contributed by atoms with E-state index in [-0.39, 0.29) is 5.69 Å². The van der Waals surface area contributed by atoms with E-state index >= 15 is 0 Å². The van der Waals surface area contributed by atoms with Crippen LogP contribution in [0.15, 0.2) is 60.8 Å². The van der Waals surface area contributed by atoms with Crippen LogP contribution in [-0.2, 0) is 6.54 Å². The van der Waals surface area contributed by atoms with Gasteiger partial charge >= 0.3 is 0 Å². The number of hydrogen-bond acceptors (Lipinski definition) is 3. The predicted molar refractivity (Wildman–Crippen MR) is 92.3 cm³/mol. The van der Waals surface area contributed by atoms with Crippen LogP contribution >= 0.6 is 0 Å². The van der Waals surface area contributed by atoms with Gasteiger partial charge in [-0.3, -0.25) is 4.79 Å². The molecule has 0 unspecified atom stereocenters. The maximum absolute atomic E-state index is 13.6. The summed E-state index contributed by atoms with van der Waals surface area (Å²) in [6, 6.07) is 14.5. The quantitative estimate of drug-likeness (QED) is 0.667. The van der Waals surface area contributed by atoms with Gasteiger partial charge in [0.15, 0.2) is 17.5 Å². The third-order valence-electron chi connectivity index (χ3n) is 3.62. The first kappa shape index (κ1) is 17.5. The number of hydrogen-bond donors (Lipinski definition) is 2. The average molecular weight is 357 g/mol. The van der Waals surface area contributed by atoms with Crippen molar-refractivity contribution in [2.75, 3.05) is 10.6 Å². The molecule has 0 aliphatic carbocycles. The summed E-state index contributed by atoms with van der Waals surface area (Å²) in [6.07, 6.45) is 1.46. The zero-order valence-electron chi connectivity index (χ0n) is 13.5. The molecule has 0 saturated heterocycles. The van der Waals surface area contributed by atoms with E-state index < -0.39 is 29.0 Å². The number of pyridine rings is 1. The third kappa shape index (κ3) is 4.00. The minimum Gasteiger partial charge on any atom is -0.380 e. The highest BCUT2D eigenvalue weighted by Gasteiger charge is 2.16. The first-order valence-electron chi connectivity index (χ1n) is 7.73. The zero-order chi connectivity index (χ0) is 18.5. The Morgan fingerprint density at radius 2 is 1.69 bits per heavy atom. The summed E-state index contributed by atoms with van der Waals surface area (Å²) in [5, 5.41) is 5.32. The lowest BCUT2D eigenvalue weighted by molar-refractivity contribution is 0.102. The highest BCUT2D eigenvalue weighted by Crippen LogP contribution is 2.20. The number of carbonyl (C=O) groups excluding carboxylic acids is 1. The summed E-state index contributed by atoms with van der Waals surface area (Å²) in [5.41, 5.74) is 1.34. The van der Waals surface area contributed by atoms with Crippen LogP contribution in [0.25, 0.3) is 0 Å². The van der Waals surface area contributed by atoms with Gasteiger partial charge in [-0.1, -0.05) is 30.3 Å². The Labute approximate surface area is 147 Å². The van der Waals surface area contributed by atoms with Crippen LogP contribution < -0.4 is 10.6 Å². The van der Waals surface area contributed by atoms with Gasteiger partial charge in [-0.2, -0.15) is 0 Å². The smallest absolute Gasteiger partial charge is 0.274 e. The maximum atomic E-state index is 13.6. The standard InChI is InChI=1S/C19H14F3N3O/c20-14-7-9-15(18(22)17(14)21)25-19(26)16-8-6-13(11-24-16)23-10-12-4-2-1-3-5-12/h1-9,11,23H,10H2,(H,25,26). The molecule has 26 heavy (non-hydrogen) atoms. The fourth-order valence-corrected chi connectivity index (χ4v) is 2.24. The van der Waals surface area contributed by atoms with E-state index in [9.17, 15) is 18.0 Å². The molecule has 0 aliphatic heterocycles. The monoisotopic (exact) mass is 357 g/mol. The van der Waals surface area contributed by atoms with Gasteiger partial charge in [0.2, 0.25) is 0 Å². The molecule has 1 aromatic heterocycles. The van der Waals surface area contributed by atoms with Crippen LogP contribution in [0.4, 0.5) is 24.5 Å². The van der Waals surface area contributed by atoms with Crippen LogP contribution in [0.2, 0.25) is 0 Å². The van der Waals surface area contributed by atoms with Gasteiger partial charge in [0.1, 0.15) is 5.69 Å². The largest absolute Gasteiger partial charge is 0.380 e. The summed E-state index contributed by atoms with van der Waals surface area (Å²) < 4.78 is 39.7. The van der Waals surface area contributed by atoms with Gasteiger partial charge in [-0.05, 0) is 29.8 Å². The Kier molecular flexibility index (Phi) is 5.17. The van der Waals surface area contributed by atoms with E-state index in [1.807, 2.05) is 30.3 Å². The fourth-order valence-electron chi connectivity index (χ4n) is 2.24. The van der Waals surface area contributed by atoms with Crippen molar-refractivity contribution in [3.63, 3.8) is 0 Å². The van der Waals surface area contributed by atoms with Gasteiger partial charge in [0.05, 0.1) is 17.6 Å². The molecule has 1 heterocycles. The minimum atomic E-state index is -1.64. The molecule has 0 atom stereocenters. The maximum Gasteiger partial charge on any atom is 0.274 e. The number of aromatic nitrogens is 1. The van der Waals surface area contributed by atoms with Crippen LogP contribution in [0.3, 0.4) is 0 Å². The summed E-state index contributed by atoms with van der Waals surface area (Å²) in [7, 11) is 0. The fraction of sp³-hybridized carbons (Fsp3) is 0.0526. The number of nitrogens with zero attached hydrogens (tertiary/aromatic N) is 1. The average Bonchev–Trinajstić information content (AvgIpc) is 2.68. The third-order valence-corrected chi connectivity index (χ3v) is 3.62. The second-order valence-electron chi connectivity index (χ2n) is 5.45. The van der Waals surface area contributed by atoms with Crippen molar-refractivity contribution in [1.29, 1.82) is 0 Å². The molecule has 0 saturated carbocycles. The number of nitrogens with one attached hydrogen (secondary N) is 2. The van der Waals surface area contributed by atoms with Gasteiger partial charge in [-0.25, -0.2) is 18.2 Å². The molecular weight excluding hydrogens is 343 g/mol. The highest BCUT2D eigenvalue weighted by molar-refractivity contribution is 6.03. The number of rotatable bonds is 5. The Morgan fingerprint density at radius 1 is 0.923 bits per heavy atom. The summed E-state index contributed by atoms with van der Waals surface area (Å²) in [4.78, 5) is 16.1. The van der Waals surface area contributed by atoms with E-state index in [2.05, 4.69) is 15.6 Å². The van der Waals surface area contributed by atoms with E-state index in [4.69, 9.17) is 0 Å². The van der Waals surface area contributed by atoms with Crippen LogP contribution in [-0.4, -0.2) is 10.9 Å². The van der Waals surface area contributed by atoms with E-state index in [1.165, 1.54) is 12.3 Å². The molecule has 0 aliphatic rings. The van der Waals surface area contributed by atoms with Crippen molar-refractivity contribution in [3.8, 4) is 0 Å². The zero-order valence-corrected chi connectivity index (χ0v) is 13.5. The van der Waals surface area contributed by atoms with Gasteiger partial charge in [-0.15, -0.1) is 0 Å². The van der Waals surface area contributed by atoms with Crippen molar-refractivity contribution in [2.45, 2.75) is 6.54 Å². The number of halogens is 3. The molecule has 4 nitrogen and oxygen atoms in total. The summed E-state index contributed by atoms with van der Waals surface area (Å²) in [5.74, 6) is -5.16. The first-order valence-corrected chi connectivity index (χ1v) is 7.73. The number of carbonyl (C=O) groups is 1. The van der Waals surface area contributed by atoms with Crippen molar-refractivity contribution >= 4 is 17.3 Å².